The number of halogens is 1. The molecule has 0 saturated carbocycles. The summed E-state index contributed by atoms with van der Waals surface area (Å²) in [5.41, 5.74) is 0. The first-order valence-corrected chi connectivity index (χ1v) is 3.52. The molecule has 4 N–H and O–H groups in total. The van der Waals surface area contributed by atoms with Crippen molar-refractivity contribution in [3.63, 3.8) is 0 Å². The van der Waals surface area contributed by atoms with E-state index >= 15 is 0 Å². The van der Waals surface area contributed by atoms with E-state index in [4.69, 9.17) is 20.4 Å². The van der Waals surface area contributed by atoms with E-state index in [2.05, 4.69) is 4.74 Å². The second-order valence-corrected chi connectivity index (χ2v) is 2.67. The molecule has 12 heavy (non-hydrogen) atoms. The normalized spacial score (nSPS) is 49.2. The molecule has 0 radical (unpaired) electrons. The maximum atomic E-state index is 12.8. The average Bonchev–Trinajstić information content (AvgIpc) is 2.08. The van der Waals surface area contributed by atoms with Gasteiger partial charge in [0.05, 0.1) is 6.61 Å². The molecule has 1 fully saturated rings. The summed E-state index contributed by atoms with van der Waals surface area (Å²) < 4.78 is 17.3. The van der Waals surface area contributed by atoms with Crippen molar-refractivity contribution < 1.29 is 29.6 Å². The van der Waals surface area contributed by atoms with Gasteiger partial charge in [-0.1, -0.05) is 0 Å². The molecule has 1 aliphatic rings. The highest BCUT2D eigenvalue weighted by Crippen LogP contribution is 2.21. The van der Waals surface area contributed by atoms with Gasteiger partial charge in [0.25, 0.3) is 0 Å². The number of aliphatic hydroxyl groups is 4. The summed E-state index contributed by atoms with van der Waals surface area (Å²) in [6.45, 7) is -0.606. The Kier molecular flexibility index (Phi) is 2.97. The summed E-state index contributed by atoms with van der Waals surface area (Å²) in [6, 6.07) is 0. The Morgan fingerprint density at radius 2 is 1.75 bits per heavy atom. The van der Waals surface area contributed by atoms with Gasteiger partial charge in [0, 0.05) is 0 Å². The van der Waals surface area contributed by atoms with Crippen LogP contribution in [0.1, 0.15) is 0 Å². The molecule has 1 saturated heterocycles. The highest BCUT2D eigenvalue weighted by molar-refractivity contribution is 4.88. The number of hydrogen-bond donors (Lipinski definition) is 4. The lowest BCUT2D eigenvalue weighted by Crippen LogP contribution is -2.56. The fraction of sp³-hybridized carbons (Fsp3) is 1.00. The van der Waals surface area contributed by atoms with Crippen LogP contribution < -0.4 is 0 Å². The third-order valence-corrected chi connectivity index (χ3v) is 1.82. The molecule has 0 aromatic heterocycles. The summed E-state index contributed by atoms with van der Waals surface area (Å²) in [4.78, 5) is 0. The molecule has 0 aromatic carbocycles. The van der Waals surface area contributed by atoms with Crippen molar-refractivity contribution in [2.24, 2.45) is 0 Å². The predicted molar refractivity (Wildman–Crippen MR) is 34.9 cm³/mol. The number of rotatable bonds is 1. The molecule has 6 heteroatoms. The Morgan fingerprint density at radius 1 is 1.17 bits per heavy atom. The molecule has 5 nitrogen and oxygen atoms in total. The number of alkyl halides is 1. The standard InChI is InChI=1S/C6H11FO5/c7-3-4(9)2(1-8)12-6(11)5(3)10/h2-6,8-11H,1H2/t2-,3+,4-,5-,6-/m1/s1/i7-1. The Balaban J connectivity index is 2.63. The van der Waals surface area contributed by atoms with Crippen LogP contribution in [-0.2, 0) is 4.74 Å². The molecular formula is C6H11FO5. The van der Waals surface area contributed by atoms with Crippen LogP contribution in [0.3, 0.4) is 0 Å². The van der Waals surface area contributed by atoms with E-state index in [1.54, 1.807) is 0 Å². The lowest BCUT2D eigenvalue weighted by Gasteiger charge is -2.36. The van der Waals surface area contributed by atoms with Gasteiger partial charge in [-0.2, -0.15) is 0 Å². The average molecular weight is 181 g/mol. The van der Waals surface area contributed by atoms with Crippen LogP contribution in [0.5, 0.6) is 0 Å². The van der Waals surface area contributed by atoms with Crippen LogP contribution in [0.4, 0.5) is 4.39 Å². The number of hydrogen-bond acceptors (Lipinski definition) is 5. The van der Waals surface area contributed by atoms with Gasteiger partial charge in [0.2, 0.25) is 0 Å². The van der Waals surface area contributed by atoms with Crippen LogP contribution >= 0.6 is 0 Å². The Hall–Kier alpha value is -0.270. The highest BCUT2D eigenvalue weighted by Gasteiger charge is 2.43. The minimum atomic E-state index is -1.99. The summed E-state index contributed by atoms with van der Waals surface area (Å²) in [5, 5.41) is 35.2. The Bertz CT molecular complexity index is 150. The molecular weight excluding hydrogens is 170 g/mol. The van der Waals surface area contributed by atoms with Crippen molar-refractivity contribution in [1.29, 1.82) is 0 Å². The van der Waals surface area contributed by atoms with Crippen molar-refractivity contribution in [3.05, 3.63) is 0 Å². The summed E-state index contributed by atoms with van der Waals surface area (Å²) in [7, 11) is 0. The van der Waals surface area contributed by atoms with Crippen LogP contribution in [0.25, 0.3) is 0 Å². The van der Waals surface area contributed by atoms with Crippen molar-refractivity contribution in [2.45, 2.75) is 30.8 Å². The number of ether oxygens (including phenoxy) is 1. The van der Waals surface area contributed by atoms with Gasteiger partial charge in [-0.3, -0.25) is 0 Å². The predicted octanol–water partition coefficient (Wildman–Crippen LogP) is -2.24. The van der Waals surface area contributed by atoms with Crippen molar-refractivity contribution in [3.8, 4) is 0 Å². The Labute approximate surface area is 68.0 Å². The van der Waals surface area contributed by atoms with Gasteiger partial charge in [-0.15, -0.1) is 0 Å². The van der Waals surface area contributed by atoms with Crippen LogP contribution in [-0.4, -0.2) is 57.8 Å². The van der Waals surface area contributed by atoms with Crippen molar-refractivity contribution >= 4 is 0 Å². The fourth-order valence-electron chi connectivity index (χ4n) is 1.06. The van der Waals surface area contributed by atoms with E-state index in [1.165, 1.54) is 0 Å². The molecule has 72 valence electrons. The van der Waals surface area contributed by atoms with E-state index in [0.717, 1.165) is 0 Å². The first-order chi connectivity index (χ1) is 5.57. The topological polar surface area (TPSA) is 90.2 Å². The molecule has 5 atom stereocenters. The zero-order valence-electron chi connectivity index (χ0n) is 6.17. The smallest absolute Gasteiger partial charge is 0.184 e. The summed E-state index contributed by atoms with van der Waals surface area (Å²) in [5.74, 6) is 0. The molecule has 1 aliphatic heterocycles. The quantitative estimate of drug-likeness (QED) is 0.367. The van der Waals surface area contributed by atoms with E-state index < -0.39 is 37.4 Å². The first-order valence-electron chi connectivity index (χ1n) is 3.52. The zero-order valence-corrected chi connectivity index (χ0v) is 6.17. The molecule has 0 spiro atoms. The summed E-state index contributed by atoms with van der Waals surface area (Å²) in [6.07, 6.45) is -8.24. The van der Waals surface area contributed by atoms with Gasteiger partial charge < -0.3 is 25.2 Å². The molecule has 0 aliphatic carbocycles. The third kappa shape index (κ3) is 1.57. The highest BCUT2D eigenvalue weighted by atomic mass is 18.2. The fourth-order valence-corrected chi connectivity index (χ4v) is 1.06. The zero-order chi connectivity index (χ0) is 9.30. The second kappa shape index (κ2) is 3.63. The van der Waals surface area contributed by atoms with Crippen LogP contribution in [0, 0.1) is 0 Å². The lowest BCUT2D eigenvalue weighted by atomic mass is 10.0. The third-order valence-electron chi connectivity index (χ3n) is 1.82. The van der Waals surface area contributed by atoms with Gasteiger partial charge in [0.1, 0.15) is 18.3 Å². The van der Waals surface area contributed by atoms with E-state index in [-0.39, 0.29) is 0 Å². The van der Waals surface area contributed by atoms with E-state index in [1.807, 2.05) is 0 Å². The largest absolute Gasteiger partial charge is 0.394 e. The van der Waals surface area contributed by atoms with Crippen molar-refractivity contribution in [2.75, 3.05) is 6.61 Å². The maximum Gasteiger partial charge on any atom is 0.184 e. The minimum absolute atomic E-state index is 0.606. The molecule has 0 amide bonds. The van der Waals surface area contributed by atoms with Gasteiger partial charge in [-0.25, -0.2) is 4.39 Å². The monoisotopic (exact) mass is 181 g/mol. The second-order valence-electron chi connectivity index (χ2n) is 2.67. The van der Waals surface area contributed by atoms with Gasteiger partial charge in [0.15, 0.2) is 12.5 Å². The molecule has 0 unspecified atom stereocenters. The van der Waals surface area contributed by atoms with Gasteiger partial charge >= 0.3 is 0 Å². The molecule has 0 aromatic rings. The first kappa shape index (κ1) is 9.82. The van der Waals surface area contributed by atoms with E-state index in [9.17, 15) is 4.39 Å². The Morgan fingerprint density at radius 3 is 2.25 bits per heavy atom. The van der Waals surface area contributed by atoms with Gasteiger partial charge in [-0.05, 0) is 0 Å². The molecule has 1 heterocycles. The number of aliphatic hydroxyl groups excluding tert-OH is 4. The van der Waals surface area contributed by atoms with E-state index in [0.29, 0.717) is 0 Å². The molecule has 0 bridgehead atoms. The SMILES string of the molecule is OC[C@H]1O[C@@H](O)[C@H](O)[C@@H]([18F])[C@@H]1O. The summed E-state index contributed by atoms with van der Waals surface area (Å²) >= 11 is 0. The molecule has 1 rings (SSSR count). The minimum Gasteiger partial charge on any atom is -0.394 e. The van der Waals surface area contributed by atoms with Crippen LogP contribution in [0.2, 0.25) is 0 Å². The van der Waals surface area contributed by atoms with Crippen molar-refractivity contribution in [1.82, 2.24) is 0 Å². The van der Waals surface area contributed by atoms with Crippen LogP contribution in [0.15, 0.2) is 0 Å². The lowest BCUT2D eigenvalue weighted by molar-refractivity contribution is -0.274. The maximum absolute atomic E-state index is 12.8.